The van der Waals surface area contributed by atoms with Crippen LogP contribution in [0.1, 0.15) is 36.7 Å². The van der Waals surface area contributed by atoms with E-state index in [1.807, 2.05) is 25.1 Å². The second-order valence-corrected chi connectivity index (χ2v) is 6.72. The molecule has 0 amide bonds. The summed E-state index contributed by atoms with van der Waals surface area (Å²) in [5, 5.41) is 4.01. The molecule has 0 bridgehead atoms. The maximum absolute atomic E-state index is 12.5. The van der Waals surface area contributed by atoms with E-state index in [2.05, 4.69) is 31.3 Å². The zero-order chi connectivity index (χ0) is 16.2. The summed E-state index contributed by atoms with van der Waals surface area (Å²) in [7, 11) is 0. The molecule has 0 aliphatic carbocycles. The van der Waals surface area contributed by atoms with E-state index in [1.165, 1.54) is 5.56 Å². The van der Waals surface area contributed by atoms with Gasteiger partial charge >= 0.3 is 0 Å². The highest BCUT2D eigenvalue weighted by Gasteiger charge is 2.24. The fourth-order valence-electron chi connectivity index (χ4n) is 2.70. The summed E-state index contributed by atoms with van der Waals surface area (Å²) in [5.41, 5.74) is 1.72. The number of carbonyl (C=O) groups is 1. The van der Waals surface area contributed by atoms with E-state index in [-0.39, 0.29) is 17.4 Å². The lowest BCUT2D eigenvalue weighted by Gasteiger charge is -2.30. The van der Waals surface area contributed by atoms with Gasteiger partial charge in [0.15, 0.2) is 5.78 Å². The number of hydrogen-bond acceptors (Lipinski definition) is 2. The van der Waals surface area contributed by atoms with Crippen LogP contribution in [0.5, 0.6) is 0 Å². The largest absolute Gasteiger partial charge is 0.302 e. The van der Waals surface area contributed by atoms with Gasteiger partial charge in [-0.2, -0.15) is 0 Å². The number of halogens is 1. The number of ketones is 1. The molecule has 22 heavy (non-hydrogen) atoms. The number of hydrogen-bond donors (Lipinski definition) is 1. The first-order chi connectivity index (χ1) is 10.4. The van der Waals surface area contributed by atoms with Crippen molar-refractivity contribution in [1.29, 1.82) is 0 Å². The van der Waals surface area contributed by atoms with Gasteiger partial charge in [-0.1, -0.05) is 54.1 Å². The van der Waals surface area contributed by atoms with Crippen LogP contribution >= 0.6 is 11.6 Å². The molecule has 3 heteroatoms. The SMILES string of the molecule is CC(NC(C)(C)Cc1ccccc1)C(=O)c1cccc(Cl)c1. The molecule has 2 nitrogen and oxygen atoms in total. The molecule has 2 aromatic carbocycles. The summed E-state index contributed by atoms with van der Waals surface area (Å²) >= 11 is 5.96. The van der Waals surface area contributed by atoms with Crippen molar-refractivity contribution in [3.05, 3.63) is 70.7 Å². The Labute approximate surface area is 137 Å². The summed E-state index contributed by atoms with van der Waals surface area (Å²) in [5.74, 6) is 0.0589. The smallest absolute Gasteiger partial charge is 0.179 e. The molecule has 1 atom stereocenters. The van der Waals surface area contributed by atoms with Gasteiger partial charge in [-0.3, -0.25) is 4.79 Å². The monoisotopic (exact) mass is 315 g/mol. The van der Waals surface area contributed by atoms with E-state index in [1.54, 1.807) is 24.3 Å². The molecule has 0 aliphatic rings. The second kappa shape index (κ2) is 7.08. The molecule has 0 spiro atoms. The summed E-state index contributed by atoms with van der Waals surface area (Å²) in [6.07, 6.45) is 0.862. The van der Waals surface area contributed by atoms with Crippen LogP contribution in [0.3, 0.4) is 0 Å². The fraction of sp³-hybridized carbons (Fsp3) is 0.316. The van der Waals surface area contributed by atoms with Gasteiger partial charge in [-0.05, 0) is 44.9 Å². The van der Waals surface area contributed by atoms with E-state index >= 15 is 0 Å². The van der Waals surface area contributed by atoms with Crippen molar-refractivity contribution in [2.24, 2.45) is 0 Å². The van der Waals surface area contributed by atoms with Crippen LogP contribution in [-0.4, -0.2) is 17.4 Å². The molecule has 2 aromatic rings. The summed E-state index contributed by atoms with van der Waals surface area (Å²) in [6, 6.07) is 17.1. The highest BCUT2D eigenvalue weighted by Crippen LogP contribution is 2.16. The molecule has 0 aliphatic heterocycles. The van der Waals surface area contributed by atoms with Gasteiger partial charge in [0.2, 0.25) is 0 Å². The third-order valence-corrected chi connectivity index (χ3v) is 3.83. The van der Waals surface area contributed by atoms with E-state index in [9.17, 15) is 4.79 Å². The van der Waals surface area contributed by atoms with Crippen LogP contribution in [-0.2, 0) is 6.42 Å². The maximum Gasteiger partial charge on any atom is 0.179 e. The zero-order valence-corrected chi connectivity index (χ0v) is 14.0. The van der Waals surface area contributed by atoms with Gasteiger partial charge in [0, 0.05) is 16.1 Å². The van der Waals surface area contributed by atoms with Gasteiger partial charge in [-0.15, -0.1) is 0 Å². The quantitative estimate of drug-likeness (QED) is 0.794. The predicted octanol–water partition coefficient (Wildman–Crippen LogP) is 4.52. The van der Waals surface area contributed by atoms with Crippen LogP contribution in [0.2, 0.25) is 5.02 Å². The van der Waals surface area contributed by atoms with Crippen LogP contribution < -0.4 is 5.32 Å². The van der Waals surface area contributed by atoms with Crippen molar-refractivity contribution in [3.63, 3.8) is 0 Å². The van der Waals surface area contributed by atoms with Gasteiger partial charge in [0.1, 0.15) is 0 Å². The van der Waals surface area contributed by atoms with E-state index < -0.39 is 0 Å². The van der Waals surface area contributed by atoms with Crippen molar-refractivity contribution in [2.75, 3.05) is 0 Å². The summed E-state index contributed by atoms with van der Waals surface area (Å²) in [6.45, 7) is 6.12. The molecule has 116 valence electrons. The third kappa shape index (κ3) is 4.69. The Morgan fingerprint density at radius 3 is 2.45 bits per heavy atom. The van der Waals surface area contributed by atoms with Crippen molar-refractivity contribution in [2.45, 2.75) is 38.8 Å². The van der Waals surface area contributed by atoms with Crippen molar-refractivity contribution < 1.29 is 4.79 Å². The van der Waals surface area contributed by atoms with E-state index in [4.69, 9.17) is 11.6 Å². The molecule has 1 unspecified atom stereocenters. The second-order valence-electron chi connectivity index (χ2n) is 6.29. The predicted molar refractivity (Wildman–Crippen MR) is 92.6 cm³/mol. The standard InChI is InChI=1S/C19H22ClNO/c1-14(18(22)16-10-7-11-17(20)12-16)21-19(2,3)13-15-8-5-4-6-9-15/h4-12,14,21H,13H2,1-3H3. The van der Waals surface area contributed by atoms with Crippen molar-refractivity contribution >= 4 is 17.4 Å². The number of rotatable bonds is 6. The van der Waals surface area contributed by atoms with Crippen molar-refractivity contribution in [1.82, 2.24) is 5.32 Å². The Balaban J connectivity index is 2.03. The minimum atomic E-state index is -0.267. The number of Topliss-reactive ketones (excluding diaryl/α,β-unsaturated/α-hetero) is 1. The molecule has 0 aromatic heterocycles. The molecular weight excluding hydrogens is 294 g/mol. The Kier molecular flexibility index (Phi) is 5.38. The van der Waals surface area contributed by atoms with Crippen LogP contribution in [0.25, 0.3) is 0 Å². The van der Waals surface area contributed by atoms with Gasteiger partial charge in [0.05, 0.1) is 6.04 Å². The topological polar surface area (TPSA) is 29.1 Å². The fourth-order valence-corrected chi connectivity index (χ4v) is 2.89. The average molecular weight is 316 g/mol. The molecular formula is C19H22ClNO. The van der Waals surface area contributed by atoms with Gasteiger partial charge in [-0.25, -0.2) is 0 Å². The van der Waals surface area contributed by atoms with Crippen molar-refractivity contribution in [3.8, 4) is 0 Å². The first-order valence-corrected chi connectivity index (χ1v) is 7.86. The normalized spacial score (nSPS) is 12.9. The molecule has 0 saturated heterocycles. The van der Waals surface area contributed by atoms with E-state index in [0.717, 1.165) is 6.42 Å². The highest BCUT2D eigenvalue weighted by atomic mass is 35.5. The highest BCUT2D eigenvalue weighted by molar-refractivity contribution is 6.31. The van der Waals surface area contributed by atoms with Crippen LogP contribution in [0, 0.1) is 0 Å². The molecule has 0 fully saturated rings. The molecule has 1 N–H and O–H groups in total. The maximum atomic E-state index is 12.5. The van der Waals surface area contributed by atoms with Gasteiger partial charge < -0.3 is 5.32 Å². The number of benzene rings is 2. The Hall–Kier alpha value is -1.64. The zero-order valence-electron chi connectivity index (χ0n) is 13.3. The average Bonchev–Trinajstić information content (AvgIpc) is 2.46. The third-order valence-electron chi connectivity index (χ3n) is 3.60. The van der Waals surface area contributed by atoms with Crippen LogP contribution in [0.4, 0.5) is 0 Å². The first-order valence-electron chi connectivity index (χ1n) is 7.49. The molecule has 0 saturated carbocycles. The van der Waals surface area contributed by atoms with E-state index in [0.29, 0.717) is 10.6 Å². The summed E-state index contributed by atoms with van der Waals surface area (Å²) < 4.78 is 0. The molecule has 2 rings (SSSR count). The minimum Gasteiger partial charge on any atom is -0.302 e. The molecule has 0 heterocycles. The Bertz CT molecular complexity index is 637. The van der Waals surface area contributed by atoms with Crippen LogP contribution in [0.15, 0.2) is 54.6 Å². The Morgan fingerprint density at radius 2 is 1.82 bits per heavy atom. The first kappa shape index (κ1) is 16.7. The number of nitrogens with one attached hydrogen (secondary N) is 1. The summed E-state index contributed by atoms with van der Waals surface area (Å²) in [4.78, 5) is 12.5. The lowest BCUT2D eigenvalue weighted by molar-refractivity contribution is 0.0933. The lowest BCUT2D eigenvalue weighted by atomic mass is 9.93. The minimum absolute atomic E-state index is 0.0589. The Morgan fingerprint density at radius 1 is 1.14 bits per heavy atom. The van der Waals surface area contributed by atoms with Gasteiger partial charge in [0.25, 0.3) is 0 Å². The lowest BCUT2D eigenvalue weighted by Crippen LogP contribution is -2.49. The molecule has 0 radical (unpaired) electrons. The number of carbonyl (C=O) groups excluding carboxylic acids is 1.